The van der Waals surface area contributed by atoms with E-state index in [1.54, 1.807) is 6.08 Å². The highest BCUT2D eigenvalue weighted by molar-refractivity contribution is 6.07. The molecule has 25 heavy (non-hydrogen) atoms. The van der Waals surface area contributed by atoms with E-state index in [0.29, 0.717) is 18.0 Å². The number of aryl methyl sites for hydroxylation is 1. The fraction of sp³-hybridized carbons (Fsp3) is 0.263. The zero-order chi connectivity index (χ0) is 18.4. The molecule has 0 aliphatic heterocycles. The highest BCUT2D eigenvalue weighted by Crippen LogP contribution is 2.31. The fourth-order valence-corrected chi connectivity index (χ4v) is 2.30. The zero-order valence-corrected chi connectivity index (χ0v) is 14.7. The van der Waals surface area contributed by atoms with Gasteiger partial charge in [-0.2, -0.15) is 0 Å². The van der Waals surface area contributed by atoms with Gasteiger partial charge in [0.05, 0.1) is 19.9 Å². The van der Waals surface area contributed by atoms with Gasteiger partial charge in [0.25, 0.3) is 0 Å². The van der Waals surface area contributed by atoms with E-state index in [1.807, 2.05) is 44.2 Å². The Morgan fingerprint density at radius 2 is 1.72 bits per heavy atom. The largest absolute Gasteiger partial charge is 0.465 e. The lowest BCUT2D eigenvalue weighted by molar-refractivity contribution is 0.0528. The molecular weight excluding hydrogens is 322 g/mol. The summed E-state index contributed by atoms with van der Waals surface area (Å²) in [6.45, 7) is 4.42. The molecule has 0 aliphatic carbocycles. The number of anilines is 1. The highest BCUT2D eigenvalue weighted by atomic mass is 16.5. The summed E-state index contributed by atoms with van der Waals surface area (Å²) in [6.07, 6.45) is 3.53. The highest BCUT2D eigenvalue weighted by Gasteiger charge is 2.30. The molecule has 1 aromatic carbocycles. The molecule has 0 saturated carbocycles. The first-order valence-electron chi connectivity index (χ1n) is 7.83. The maximum Gasteiger partial charge on any atom is 0.374 e. The summed E-state index contributed by atoms with van der Waals surface area (Å²) in [6, 6.07) is 7.91. The quantitative estimate of drug-likeness (QED) is 0.805. The molecule has 0 bridgehead atoms. The first-order chi connectivity index (χ1) is 12.0. The van der Waals surface area contributed by atoms with E-state index in [0.717, 1.165) is 11.1 Å². The lowest BCUT2D eigenvalue weighted by Gasteiger charge is -2.05. The third-order valence-corrected chi connectivity index (χ3v) is 3.55. The maximum absolute atomic E-state index is 12.1. The van der Waals surface area contributed by atoms with Crippen molar-refractivity contribution in [1.82, 2.24) is 0 Å². The van der Waals surface area contributed by atoms with E-state index >= 15 is 0 Å². The third-order valence-electron chi connectivity index (χ3n) is 3.55. The smallest absolute Gasteiger partial charge is 0.374 e. The minimum absolute atomic E-state index is 0.0276. The second kappa shape index (κ2) is 8.19. The van der Waals surface area contributed by atoms with Crippen LogP contribution in [0.5, 0.6) is 0 Å². The Bertz CT molecular complexity index is 787. The summed E-state index contributed by atoms with van der Waals surface area (Å²) in [4.78, 5) is 24.1. The molecular formula is C19H21NO5. The van der Waals surface area contributed by atoms with Crippen molar-refractivity contribution >= 4 is 29.8 Å². The molecule has 2 aromatic rings. The Hall–Kier alpha value is -3.02. The van der Waals surface area contributed by atoms with Crippen molar-refractivity contribution in [3.63, 3.8) is 0 Å². The van der Waals surface area contributed by atoms with Crippen LogP contribution >= 0.6 is 0 Å². The van der Waals surface area contributed by atoms with Crippen molar-refractivity contribution in [3.8, 4) is 0 Å². The van der Waals surface area contributed by atoms with Crippen molar-refractivity contribution in [2.24, 2.45) is 0 Å². The Labute approximate surface area is 146 Å². The first-order valence-corrected chi connectivity index (χ1v) is 7.83. The summed E-state index contributed by atoms with van der Waals surface area (Å²) < 4.78 is 15.1. The zero-order valence-electron chi connectivity index (χ0n) is 14.7. The molecule has 6 nitrogen and oxygen atoms in total. The SMILES string of the molecule is CCNc1c(/C=C/c2ccc(C)cc2)oc(C(=O)OC)c1C(=O)OC. The molecule has 0 saturated heterocycles. The number of benzene rings is 1. The van der Waals surface area contributed by atoms with E-state index in [4.69, 9.17) is 13.9 Å². The molecule has 2 rings (SSSR count). The number of carbonyl (C=O) groups is 2. The molecule has 0 amide bonds. The van der Waals surface area contributed by atoms with Gasteiger partial charge in [-0.25, -0.2) is 9.59 Å². The number of hydrogen-bond donors (Lipinski definition) is 1. The maximum atomic E-state index is 12.1. The number of ether oxygens (including phenoxy) is 2. The molecule has 0 radical (unpaired) electrons. The van der Waals surface area contributed by atoms with E-state index in [-0.39, 0.29) is 11.3 Å². The Balaban J connectivity index is 2.52. The van der Waals surface area contributed by atoms with Crippen LogP contribution in [-0.2, 0) is 9.47 Å². The Morgan fingerprint density at radius 3 is 2.28 bits per heavy atom. The van der Waals surface area contributed by atoms with Gasteiger partial charge in [0.2, 0.25) is 5.76 Å². The summed E-state index contributed by atoms with van der Waals surface area (Å²) in [5.74, 6) is -1.25. The van der Waals surface area contributed by atoms with Gasteiger partial charge in [-0.1, -0.05) is 35.9 Å². The first kappa shape index (κ1) is 18.3. The van der Waals surface area contributed by atoms with E-state index < -0.39 is 11.9 Å². The predicted octanol–water partition coefficient (Wildman–Crippen LogP) is 3.76. The van der Waals surface area contributed by atoms with Gasteiger partial charge < -0.3 is 19.2 Å². The van der Waals surface area contributed by atoms with Crippen LogP contribution in [0.15, 0.2) is 28.7 Å². The molecule has 0 fully saturated rings. The average Bonchev–Trinajstić information content (AvgIpc) is 2.98. The van der Waals surface area contributed by atoms with Crippen LogP contribution in [0.3, 0.4) is 0 Å². The van der Waals surface area contributed by atoms with Crippen molar-refractivity contribution in [3.05, 3.63) is 52.5 Å². The summed E-state index contributed by atoms with van der Waals surface area (Å²) in [5, 5.41) is 3.05. The van der Waals surface area contributed by atoms with Gasteiger partial charge in [0.1, 0.15) is 5.56 Å². The molecule has 132 valence electrons. The summed E-state index contributed by atoms with van der Waals surface area (Å²) in [7, 11) is 2.47. The molecule has 0 spiro atoms. The number of nitrogens with one attached hydrogen (secondary N) is 1. The van der Waals surface area contributed by atoms with Crippen molar-refractivity contribution < 1.29 is 23.5 Å². The second-order valence-corrected chi connectivity index (χ2v) is 5.30. The van der Waals surface area contributed by atoms with Crippen molar-refractivity contribution in [2.45, 2.75) is 13.8 Å². The van der Waals surface area contributed by atoms with Gasteiger partial charge in [0.15, 0.2) is 5.76 Å². The number of hydrogen-bond acceptors (Lipinski definition) is 6. The molecule has 1 heterocycles. The number of furan rings is 1. The normalized spacial score (nSPS) is 10.7. The van der Waals surface area contributed by atoms with E-state index in [2.05, 4.69) is 5.32 Å². The number of rotatable bonds is 6. The lowest BCUT2D eigenvalue weighted by Crippen LogP contribution is -2.12. The Morgan fingerprint density at radius 1 is 1.08 bits per heavy atom. The fourth-order valence-electron chi connectivity index (χ4n) is 2.30. The molecule has 1 aromatic heterocycles. The van der Waals surface area contributed by atoms with Gasteiger partial charge in [-0.05, 0) is 25.5 Å². The minimum Gasteiger partial charge on any atom is -0.465 e. The second-order valence-electron chi connectivity index (χ2n) is 5.30. The van der Waals surface area contributed by atoms with Crippen LogP contribution < -0.4 is 5.32 Å². The summed E-state index contributed by atoms with van der Waals surface area (Å²) in [5.41, 5.74) is 2.55. The monoisotopic (exact) mass is 343 g/mol. The average molecular weight is 343 g/mol. The number of methoxy groups -OCH3 is 2. The molecule has 0 aliphatic rings. The minimum atomic E-state index is -0.741. The Kier molecular flexibility index (Phi) is 6.00. The van der Waals surface area contributed by atoms with Crippen molar-refractivity contribution in [1.29, 1.82) is 0 Å². The molecule has 0 atom stereocenters. The van der Waals surface area contributed by atoms with Crippen LogP contribution in [-0.4, -0.2) is 32.7 Å². The van der Waals surface area contributed by atoms with Gasteiger partial charge >= 0.3 is 11.9 Å². The standard InChI is InChI=1S/C19H21NO5/c1-5-20-16-14(11-10-13-8-6-12(2)7-9-13)25-17(19(22)24-4)15(16)18(21)23-3/h6-11,20H,5H2,1-4H3/b11-10+. The van der Waals surface area contributed by atoms with Crippen molar-refractivity contribution in [2.75, 3.05) is 26.1 Å². The van der Waals surface area contributed by atoms with Crippen LogP contribution in [0.25, 0.3) is 12.2 Å². The van der Waals surface area contributed by atoms with Gasteiger partial charge in [0, 0.05) is 6.54 Å². The van der Waals surface area contributed by atoms with E-state index in [1.165, 1.54) is 14.2 Å². The van der Waals surface area contributed by atoms with Gasteiger partial charge in [-0.3, -0.25) is 0 Å². The molecule has 1 N–H and O–H groups in total. The molecule has 0 unspecified atom stereocenters. The number of carbonyl (C=O) groups excluding carboxylic acids is 2. The third kappa shape index (κ3) is 4.09. The lowest BCUT2D eigenvalue weighted by atomic mass is 10.1. The molecule has 6 heteroatoms. The van der Waals surface area contributed by atoms with Crippen LogP contribution in [0, 0.1) is 6.92 Å². The number of esters is 2. The van der Waals surface area contributed by atoms with E-state index in [9.17, 15) is 9.59 Å². The van der Waals surface area contributed by atoms with Crippen LogP contribution in [0.1, 0.15) is 44.7 Å². The van der Waals surface area contributed by atoms with Gasteiger partial charge in [-0.15, -0.1) is 0 Å². The van der Waals surface area contributed by atoms with Crippen LogP contribution in [0.4, 0.5) is 5.69 Å². The predicted molar refractivity (Wildman–Crippen MR) is 95.7 cm³/mol. The topological polar surface area (TPSA) is 77.8 Å². The summed E-state index contributed by atoms with van der Waals surface area (Å²) >= 11 is 0. The van der Waals surface area contributed by atoms with Crippen LogP contribution in [0.2, 0.25) is 0 Å².